The van der Waals surface area contributed by atoms with Crippen molar-refractivity contribution >= 4 is 26.8 Å². The van der Waals surface area contributed by atoms with Gasteiger partial charge in [-0.15, -0.1) is 0 Å². The number of likely N-dealkylation sites (tertiary alicyclic amines) is 1. The number of pyridine rings is 1. The number of carbonyl (C=O) groups excluding carboxylic acids is 1. The average molecular weight is 418 g/mol. The molecule has 2 N–H and O–H groups in total. The number of H-pyrrole nitrogens is 1. The molecule has 1 amide bonds. The largest absolute Gasteiger partial charge is 0.341 e. The summed E-state index contributed by atoms with van der Waals surface area (Å²) >= 11 is 0. The Hall–Kier alpha value is -2.26. The zero-order chi connectivity index (χ0) is 20.6. The topological polar surface area (TPSA) is 108 Å². The number of nitrogens with zero attached hydrogens (tertiary/aromatic N) is 3. The lowest BCUT2D eigenvalue weighted by atomic mass is 9.92. The molecule has 156 valence electrons. The molecule has 9 heteroatoms. The predicted octanol–water partition coefficient (Wildman–Crippen LogP) is 1.59. The van der Waals surface area contributed by atoms with E-state index in [9.17, 15) is 13.2 Å². The van der Waals surface area contributed by atoms with Crippen LogP contribution >= 0.6 is 0 Å². The van der Waals surface area contributed by atoms with Gasteiger partial charge in [0.05, 0.1) is 11.8 Å². The Morgan fingerprint density at radius 2 is 2.21 bits per heavy atom. The van der Waals surface area contributed by atoms with E-state index in [1.165, 1.54) is 5.41 Å². The zero-order valence-electron chi connectivity index (χ0n) is 16.7. The van der Waals surface area contributed by atoms with Gasteiger partial charge >= 0.3 is 0 Å². The zero-order valence-corrected chi connectivity index (χ0v) is 17.5. The monoisotopic (exact) mass is 417 g/mol. The Bertz CT molecular complexity index is 1030. The van der Waals surface area contributed by atoms with Crippen molar-refractivity contribution in [2.75, 3.05) is 18.8 Å². The molecule has 3 atom stereocenters. The van der Waals surface area contributed by atoms with E-state index in [0.717, 1.165) is 23.9 Å². The van der Waals surface area contributed by atoms with Crippen molar-refractivity contribution in [2.45, 2.75) is 44.7 Å². The maximum absolute atomic E-state index is 13.3. The standard InChI is InChI=1S/C20H27N5O3S/c1-13(2)17(22-15-7-10-29(27,28)12-15)20(26)25-9-4-5-14(11-25)18-16-6-3-8-21-19(16)24-23-18/h3,6-8,10,13-15,17,22H,4-5,9,11-12H2,1-2H3,(H,21,23,24)/t14-,15+,17-/m0/s1. The molecule has 8 nitrogen and oxygen atoms in total. The second-order valence-corrected chi connectivity index (χ2v) is 10.2. The minimum Gasteiger partial charge on any atom is -0.341 e. The highest BCUT2D eigenvalue weighted by Crippen LogP contribution is 2.30. The minimum atomic E-state index is -3.16. The van der Waals surface area contributed by atoms with Gasteiger partial charge in [-0.3, -0.25) is 15.2 Å². The molecule has 1 saturated heterocycles. The highest BCUT2D eigenvalue weighted by molar-refractivity contribution is 7.94. The molecule has 0 saturated carbocycles. The van der Waals surface area contributed by atoms with Crippen LogP contribution in [0.2, 0.25) is 0 Å². The number of aromatic amines is 1. The summed E-state index contributed by atoms with van der Waals surface area (Å²) in [6.07, 6.45) is 5.26. The molecule has 1 fully saturated rings. The van der Waals surface area contributed by atoms with Gasteiger partial charge in [0.15, 0.2) is 15.5 Å². The van der Waals surface area contributed by atoms with Crippen LogP contribution in [0.25, 0.3) is 11.0 Å². The normalized spacial score (nSPS) is 25.0. The van der Waals surface area contributed by atoms with Crippen molar-refractivity contribution in [3.63, 3.8) is 0 Å². The summed E-state index contributed by atoms with van der Waals surface area (Å²) < 4.78 is 23.4. The van der Waals surface area contributed by atoms with E-state index in [-0.39, 0.29) is 29.5 Å². The van der Waals surface area contributed by atoms with Crippen LogP contribution < -0.4 is 5.32 Å². The number of hydrogen-bond donors (Lipinski definition) is 2. The number of amides is 1. The highest BCUT2D eigenvalue weighted by atomic mass is 32.2. The molecule has 0 aliphatic carbocycles. The summed E-state index contributed by atoms with van der Waals surface area (Å²) in [5, 5.41) is 12.9. The van der Waals surface area contributed by atoms with E-state index < -0.39 is 15.9 Å². The van der Waals surface area contributed by atoms with Crippen molar-refractivity contribution in [3.8, 4) is 0 Å². The third-order valence-corrected chi connectivity index (χ3v) is 7.15. The Balaban J connectivity index is 1.49. The molecule has 2 aliphatic heterocycles. The van der Waals surface area contributed by atoms with E-state index in [0.29, 0.717) is 18.7 Å². The Kier molecular flexibility index (Phi) is 5.44. The fraction of sp³-hybridized carbons (Fsp3) is 0.550. The first-order valence-corrected chi connectivity index (χ1v) is 11.8. The van der Waals surface area contributed by atoms with Crippen molar-refractivity contribution < 1.29 is 13.2 Å². The number of fused-ring (bicyclic) bond motifs is 1. The average Bonchev–Trinajstić information content (AvgIpc) is 3.28. The van der Waals surface area contributed by atoms with Crippen LogP contribution in [0.3, 0.4) is 0 Å². The predicted molar refractivity (Wildman–Crippen MR) is 111 cm³/mol. The van der Waals surface area contributed by atoms with Crippen LogP contribution in [0.4, 0.5) is 0 Å². The maximum Gasteiger partial charge on any atom is 0.240 e. The van der Waals surface area contributed by atoms with Crippen LogP contribution in [0.15, 0.2) is 29.8 Å². The summed E-state index contributed by atoms with van der Waals surface area (Å²) in [5.41, 5.74) is 1.73. The molecule has 0 spiro atoms. The minimum absolute atomic E-state index is 0.0132. The maximum atomic E-state index is 13.3. The summed E-state index contributed by atoms with van der Waals surface area (Å²) in [7, 11) is -3.16. The first kappa shape index (κ1) is 20.0. The van der Waals surface area contributed by atoms with Gasteiger partial charge in [0.2, 0.25) is 5.91 Å². The van der Waals surface area contributed by atoms with Crippen LogP contribution in [-0.2, 0) is 14.6 Å². The summed E-state index contributed by atoms with van der Waals surface area (Å²) in [5.74, 6) is 0.279. The fourth-order valence-corrected chi connectivity index (χ4v) is 5.50. The number of piperidine rings is 1. The molecule has 29 heavy (non-hydrogen) atoms. The molecule has 2 aliphatic rings. The molecular weight excluding hydrogens is 390 g/mol. The Morgan fingerprint density at radius 3 is 2.93 bits per heavy atom. The first-order valence-electron chi connectivity index (χ1n) is 10.1. The molecular formula is C20H27N5O3S. The molecule has 4 rings (SSSR count). The molecule has 2 aromatic heterocycles. The van der Waals surface area contributed by atoms with Gasteiger partial charge in [0.1, 0.15) is 0 Å². The second kappa shape index (κ2) is 7.87. The number of rotatable bonds is 5. The third-order valence-electron chi connectivity index (χ3n) is 5.76. The molecule has 0 unspecified atom stereocenters. The number of carbonyl (C=O) groups is 1. The van der Waals surface area contributed by atoms with Gasteiger partial charge in [0.25, 0.3) is 0 Å². The molecule has 0 radical (unpaired) electrons. The fourth-order valence-electron chi connectivity index (χ4n) is 4.25. The summed E-state index contributed by atoms with van der Waals surface area (Å²) in [6, 6.07) is 3.17. The molecule has 2 aromatic rings. The van der Waals surface area contributed by atoms with Gasteiger partial charge < -0.3 is 4.90 Å². The van der Waals surface area contributed by atoms with Crippen molar-refractivity contribution in [2.24, 2.45) is 5.92 Å². The van der Waals surface area contributed by atoms with Gasteiger partial charge in [-0.1, -0.05) is 19.9 Å². The van der Waals surface area contributed by atoms with Crippen LogP contribution in [-0.4, -0.2) is 65.3 Å². The SMILES string of the molecule is CC(C)[C@H](N[C@@H]1C=CS(=O)(=O)C1)C(=O)N1CCC[C@H](c2[nH]nc3ncccc23)C1. The van der Waals surface area contributed by atoms with E-state index in [1.54, 1.807) is 12.3 Å². The Morgan fingerprint density at radius 1 is 1.38 bits per heavy atom. The number of hydrogen-bond acceptors (Lipinski definition) is 6. The lowest BCUT2D eigenvalue weighted by Gasteiger charge is -2.36. The van der Waals surface area contributed by atoms with Crippen LogP contribution in [0.1, 0.15) is 38.3 Å². The van der Waals surface area contributed by atoms with Gasteiger partial charge in [-0.05, 0) is 30.9 Å². The van der Waals surface area contributed by atoms with E-state index >= 15 is 0 Å². The third kappa shape index (κ3) is 4.20. The first-order chi connectivity index (χ1) is 13.8. The van der Waals surface area contributed by atoms with Crippen molar-refractivity contribution in [1.82, 2.24) is 25.4 Å². The summed E-state index contributed by atoms with van der Waals surface area (Å²) in [4.78, 5) is 19.5. The van der Waals surface area contributed by atoms with Gasteiger partial charge in [-0.2, -0.15) is 5.10 Å². The highest BCUT2D eigenvalue weighted by Gasteiger charge is 2.34. The van der Waals surface area contributed by atoms with Crippen LogP contribution in [0.5, 0.6) is 0 Å². The molecule has 0 bridgehead atoms. The van der Waals surface area contributed by atoms with E-state index in [2.05, 4.69) is 20.5 Å². The van der Waals surface area contributed by atoms with Gasteiger partial charge in [0, 0.05) is 47.7 Å². The quantitative estimate of drug-likeness (QED) is 0.765. The number of aromatic nitrogens is 3. The van der Waals surface area contributed by atoms with E-state index in [1.807, 2.05) is 30.9 Å². The van der Waals surface area contributed by atoms with E-state index in [4.69, 9.17) is 0 Å². The number of nitrogens with one attached hydrogen (secondary N) is 2. The second-order valence-electron chi connectivity index (χ2n) is 8.29. The molecule has 4 heterocycles. The lowest BCUT2D eigenvalue weighted by Crippen LogP contribution is -2.54. The lowest BCUT2D eigenvalue weighted by molar-refractivity contribution is -0.136. The number of sulfone groups is 1. The molecule has 0 aromatic carbocycles. The van der Waals surface area contributed by atoms with Crippen molar-refractivity contribution in [1.29, 1.82) is 0 Å². The van der Waals surface area contributed by atoms with Gasteiger partial charge in [-0.25, -0.2) is 13.4 Å². The van der Waals surface area contributed by atoms with Crippen LogP contribution in [0, 0.1) is 5.92 Å². The van der Waals surface area contributed by atoms with Crippen molar-refractivity contribution in [3.05, 3.63) is 35.5 Å². The Labute approximate surface area is 170 Å². The smallest absolute Gasteiger partial charge is 0.240 e. The summed E-state index contributed by atoms with van der Waals surface area (Å²) in [6.45, 7) is 5.30.